The fraction of sp³-hybridized carbons (Fsp3) is 0.333. The van der Waals surface area contributed by atoms with Crippen LogP contribution in [0.5, 0.6) is 0 Å². The van der Waals surface area contributed by atoms with E-state index in [4.69, 9.17) is 0 Å². The third-order valence-corrected chi connectivity index (χ3v) is 3.82. The van der Waals surface area contributed by atoms with Crippen LogP contribution in [-0.2, 0) is 6.42 Å². The van der Waals surface area contributed by atoms with Crippen molar-refractivity contribution in [2.75, 3.05) is 20.1 Å². The summed E-state index contributed by atoms with van der Waals surface area (Å²) in [4.78, 5) is 12.3. The molecule has 122 valence electrons. The van der Waals surface area contributed by atoms with Crippen LogP contribution in [0.4, 0.5) is 5.69 Å². The van der Waals surface area contributed by atoms with Gasteiger partial charge in [0.1, 0.15) is 0 Å². The van der Waals surface area contributed by atoms with E-state index in [2.05, 4.69) is 4.90 Å². The molecule has 2 aromatic rings. The molecule has 1 atom stereocenters. The average molecular weight is 314 g/mol. The van der Waals surface area contributed by atoms with Crippen molar-refractivity contribution < 1.29 is 10.0 Å². The third-order valence-electron chi connectivity index (χ3n) is 3.82. The summed E-state index contributed by atoms with van der Waals surface area (Å²) in [6.45, 7) is 1.45. The summed E-state index contributed by atoms with van der Waals surface area (Å²) in [6.07, 6.45) is 1.32. The van der Waals surface area contributed by atoms with Crippen LogP contribution in [0.1, 0.15) is 23.7 Å². The summed E-state index contributed by atoms with van der Waals surface area (Å²) in [5.41, 5.74) is 2.14. The molecule has 2 rings (SSSR count). The molecule has 0 aliphatic heterocycles. The van der Waals surface area contributed by atoms with Crippen molar-refractivity contribution in [2.24, 2.45) is 0 Å². The van der Waals surface area contributed by atoms with E-state index in [1.54, 1.807) is 12.1 Å². The Balaban J connectivity index is 1.74. The Morgan fingerprint density at radius 3 is 2.39 bits per heavy atom. The monoisotopic (exact) mass is 314 g/mol. The second kappa shape index (κ2) is 8.41. The molecule has 0 fully saturated rings. The van der Waals surface area contributed by atoms with E-state index in [0.29, 0.717) is 6.54 Å². The molecule has 0 bridgehead atoms. The number of rotatable bonds is 8. The van der Waals surface area contributed by atoms with Gasteiger partial charge in [-0.2, -0.15) is 0 Å². The number of nitro benzene ring substituents is 1. The van der Waals surface area contributed by atoms with E-state index in [1.165, 1.54) is 12.1 Å². The Morgan fingerprint density at radius 2 is 1.78 bits per heavy atom. The highest BCUT2D eigenvalue weighted by Gasteiger charge is 2.10. The van der Waals surface area contributed by atoms with Crippen molar-refractivity contribution in [2.45, 2.75) is 18.9 Å². The average Bonchev–Trinajstić information content (AvgIpc) is 2.56. The molecule has 1 N–H and O–H groups in total. The fourth-order valence-corrected chi connectivity index (χ4v) is 2.50. The van der Waals surface area contributed by atoms with Gasteiger partial charge in [-0.1, -0.05) is 42.5 Å². The number of aryl methyl sites for hydroxylation is 1. The first-order chi connectivity index (χ1) is 11.1. The summed E-state index contributed by atoms with van der Waals surface area (Å²) in [5.74, 6) is 0. The van der Waals surface area contributed by atoms with Crippen LogP contribution >= 0.6 is 0 Å². The Morgan fingerprint density at radius 1 is 1.13 bits per heavy atom. The van der Waals surface area contributed by atoms with E-state index in [-0.39, 0.29) is 10.6 Å². The summed E-state index contributed by atoms with van der Waals surface area (Å²) in [6, 6.07) is 16.3. The van der Waals surface area contributed by atoms with E-state index in [9.17, 15) is 15.2 Å². The lowest BCUT2D eigenvalue weighted by Crippen LogP contribution is -2.26. The molecular weight excluding hydrogens is 292 g/mol. The molecule has 2 aromatic carbocycles. The number of non-ortho nitro benzene ring substituents is 1. The Hall–Kier alpha value is -2.24. The van der Waals surface area contributed by atoms with E-state index >= 15 is 0 Å². The van der Waals surface area contributed by atoms with Crippen LogP contribution in [0.15, 0.2) is 54.6 Å². The van der Waals surface area contributed by atoms with Crippen molar-refractivity contribution in [3.8, 4) is 0 Å². The number of likely N-dealkylation sites (N-methyl/N-ethyl adjacent to an activating group) is 1. The number of aliphatic hydroxyl groups excluding tert-OH is 1. The first-order valence-electron chi connectivity index (χ1n) is 7.71. The largest absolute Gasteiger partial charge is 0.387 e. The van der Waals surface area contributed by atoms with Crippen LogP contribution in [0.25, 0.3) is 0 Å². The third kappa shape index (κ3) is 5.47. The zero-order valence-corrected chi connectivity index (χ0v) is 13.3. The number of nitrogens with zero attached hydrogens (tertiary/aromatic N) is 2. The predicted octanol–water partition coefficient (Wildman–Crippen LogP) is 3.19. The van der Waals surface area contributed by atoms with Crippen LogP contribution in [0, 0.1) is 10.1 Å². The van der Waals surface area contributed by atoms with Crippen LogP contribution < -0.4 is 0 Å². The molecule has 23 heavy (non-hydrogen) atoms. The van der Waals surface area contributed by atoms with Gasteiger partial charge in [-0.3, -0.25) is 10.1 Å². The maximum atomic E-state index is 10.6. The summed E-state index contributed by atoms with van der Waals surface area (Å²) in [5, 5.41) is 20.8. The van der Waals surface area contributed by atoms with Crippen LogP contribution in [-0.4, -0.2) is 35.1 Å². The van der Waals surface area contributed by atoms with Crippen molar-refractivity contribution in [3.05, 3.63) is 75.8 Å². The highest BCUT2D eigenvalue weighted by atomic mass is 16.6. The lowest BCUT2D eigenvalue weighted by atomic mass is 10.1. The van der Waals surface area contributed by atoms with Gasteiger partial charge >= 0.3 is 0 Å². The zero-order chi connectivity index (χ0) is 16.7. The SMILES string of the molecule is CN(CCCc1ccc([N+](=O)[O-])cc1)C[C@H](O)c1ccccc1. The first kappa shape index (κ1) is 17.1. The minimum Gasteiger partial charge on any atom is -0.387 e. The summed E-state index contributed by atoms with van der Waals surface area (Å²) < 4.78 is 0. The van der Waals surface area contributed by atoms with Crippen molar-refractivity contribution in [3.63, 3.8) is 0 Å². The smallest absolute Gasteiger partial charge is 0.269 e. The maximum absolute atomic E-state index is 10.6. The molecule has 0 aliphatic carbocycles. The number of hydrogen-bond donors (Lipinski definition) is 1. The molecule has 0 heterocycles. The second-order valence-corrected chi connectivity index (χ2v) is 5.72. The highest BCUT2D eigenvalue weighted by Crippen LogP contribution is 2.15. The maximum Gasteiger partial charge on any atom is 0.269 e. The van der Waals surface area contributed by atoms with Crippen molar-refractivity contribution in [1.82, 2.24) is 4.90 Å². The number of benzene rings is 2. The highest BCUT2D eigenvalue weighted by molar-refractivity contribution is 5.32. The topological polar surface area (TPSA) is 66.6 Å². The van der Waals surface area contributed by atoms with Crippen LogP contribution in [0.2, 0.25) is 0 Å². The normalized spacial score (nSPS) is 12.3. The molecule has 0 saturated carbocycles. The number of nitro groups is 1. The lowest BCUT2D eigenvalue weighted by molar-refractivity contribution is -0.384. The van der Waals surface area contributed by atoms with E-state index in [1.807, 2.05) is 37.4 Å². The molecular formula is C18H22N2O3. The molecule has 5 nitrogen and oxygen atoms in total. The van der Waals surface area contributed by atoms with Crippen molar-refractivity contribution in [1.29, 1.82) is 0 Å². The molecule has 0 aromatic heterocycles. The zero-order valence-electron chi connectivity index (χ0n) is 13.3. The molecule has 0 radical (unpaired) electrons. The second-order valence-electron chi connectivity index (χ2n) is 5.72. The van der Waals surface area contributed by atoms with E-state index < -0.39 is 6.10 Å². The molecule has 0 amide bonds. The minimum absolute atomic E-state index is 0.122. The number of aliphatic hydroxyl groups is 1. The molecule has 0 unspecified atom stereocenters. The van der Waals surface area contributed by atoms with E-state index in [0.717, 1.165) is 30.5 Å². The van der Waals surface area contributed by atoms with Gasteiger partial charge in [0.05, 0.1) is 11.0 Å². The molecule has 0 saturated heterocycles. The quantitative estimate of drug-likeness (QED) is 0.600. The van der Waals surface area contributed by atoms with Gasteiger partial charge in [0.25, 0.3) is 5.69 Å². The summed E-state index contributed by atoms with van der Waals surface area (Å²) >= 11 is 0. The standard InChI is InChI=1S/C18H22N2O3/c1-19(14-18(21)16-7-3-2-4-8-16)13-5-6-15-9-11-17(12-10-15)20(22)23/h2-4,7-12,18,21H,5-6,13-14H2,1H3/t18-/m0/s1. The minimum atomic E-state index is -0.486. The summed E-state index contributed by atoms with van der Waals surface area (Å²) in [7, 11) is 1.99. The van der Waals surface area contributed by atoms with Gasteiger partial charge in [-0.25, -0.2) is 0 Å². The Labute approximate surface area is 136 Å². The Bertz CT molecular complexity index is 614. The van der Waals surface area contributed by atoms with Gasteiger partial charge in [0.2, 0.25) is 0 Å². The lowest BCUT2D eigenvalue weighted by Gasteiger charge is -2.20. The molecule has 0 spiro atoms. The van der Waals surface area contributed by atoms with Gasteiger partial charge in [0.15, 0.2) is 0 Å². The molecule has 5 heteroatoms. The predicted molar refractivity (Wildman–Crippen MR) is 90.3 cm³/mol. The Kier molecular flexibility index (Phi) is 6.26. The van der Waals surface area contributed by atoms with Gasteiger partial charge in [-0.05, 0) is 37.6 Å². The van der Waals surface area contributed by atoms with Gasteiger partial charge in [0, 0.05) is 18.7 Å². The van der Waals surface area contributed by atoms with Crippen LogP contribution in [0.3, 0.4) is 0 Å². The first-order valence-corrected chi connectivity index (χ1v) is 7.71. The number of hydrogen-bond acceptors (Lipinski definition) is 4. The fourth-order valence-electron chi connectivity index (χ4n) is 2.50. The van der Waals surface area contributed by atoms with Gasteiger partial charge in [-0.15, -0.1) is 0 Å². The molecule has 0 aliphatic rings. The van der Waals surface area contributed by atoms with Crippen molar-refractivity contribution >= 4 is 5.69 Å². The van der Waals surface area contributed by atoms with Gasteiger partial charge < -0.3 is 10.0 Å².